The van der Waals surface area contributed by atoms with Gasteiger partial charge in [-0.15, -0.1) is 11.3 Å². The third-order valence-corrected chi connectivity index (χ3v) is 7.53. The topological polar surface area (TPSA) is 53.3 Å². The molecule has 0 atom stereocenters. The second kappa shape index (κ2) is 10.2. The van der Waals surface area contributed by atoms with E-state index in [0.29, 0.717) is 18.6 Å². The Hall–Kier alpha value is -3.46. The van der Waals surface area contributed by atoms with Gasteiger partial charge < -0.3 is 4.74 Å². The number of ether oxygens (including phenoxy) is 1. The molecule has 0 N–H and O–H groups in total. The number of ketones is 1. The molecule has 4 aromatic rings. The predicted octanol–water partition coefficient (Wildman–Crippen LogP) is 6.34. The van der Waals surface area contributed by atoms with Gasteiger partial charge in [0.25, 0.3) is 0 Å². The minimum Gasteiger partial charge on any atom is -0.492 e. The van der Waals surface area contributed by atoms with E-state index in [1.165, 1.54) is 12.8 Å². The van der Waals surface area contributed by atoms with Crippen LogP contribution in [0.1, 0.15) is 34.3 Å². The number of carbonyl (C=O) groups is 1. The van der Waals surface area contributed by atoms with E-state index in [2.05, 4.69) is 17.0 Å². The zero-order chi connectivity index (χ0) is 23.3. The predicted molar refractivity (Wildman–Crippen MR) is 138 cm³/mol. The van der Waals surface area contributed by atoms with Crippen molar-refractivity contribution in [3.05, 3.63) is 89.5 Å². The quantitative estimate of drug-likeness (QED) is 0.284. The maximum Gasteiger partial charge on any atom is 0.195 e. The van der Waals surface area contributed by atoms with Crippen LogP contribution in [0.2, 0.25) is 0 Å². The molecule has 1 saturated heterocycles. The van der Waals surface area contributed by atoms with Crippen LogP contribution in [-0.4, -0.2) is 36.9 Å². The zero-order valence-corrected chi connectivity index (χ0v) is 19.8. The first-order valence-electron chi connectivity index (χ1n) is 11.7. The first-order chi connectivity index (χ1) is 16.7. The van der Waals surface area contributed by atoms with Gasteiger partial charge in [-0.2, -0.15) is 5.26 Å². The van der Waals surface area contributed by atoms with Crippen LogP contribution in [0.4, 0.5) is 0 Å². The first-order valence-corrected chi connectivity index (χ1v) is 12.5. The number of likely N-dealkylation sites (tertiary alicyclic amines) is 1. The number of benzene rings is 3. The monoisotopic (exact) mass is 466 g/mol. The van der Waals surface area contributed by atoms with Gasteiger partial charge in [0.05, 0.1) is 12.5 Å². The lowest BCUT2D eigenvalue weighted by Crippen LogP contribution is -2.25. The molecule has 0 bridgehead atoms. The number of hydrogen-bond donors (Lipinski definition) is 0. The number of carbonyl (C=O) groups excluding carboxylic acids is 1. The normalized spacial score (nSPS) is 13.7. The SMILES string of the molecule is N#CCc1ccc(-c2sc3ccccc3c2C(=O)c2ccc(OCCN3CCCC3)cc2)cc1. The first kappa shape index (κ1) is 22.3. The molecule has 0 aliphatic carbocycles. The van der Waals surface area contributed by atoms with Crippen LogP contribution >= 0.6 is 11.3 Å². The molecule has 0 amide bonds. The number of nitriles is 1. The Balaban J connectivity index is 1.40. The third kappa shape index (κ3) is 4.75. The summed E-state index contributed by atoms with van der Waals surface area (Å²) in [5.41, 5.74) is 3.35. The molecule has 0 unspecified atom stereocenters. The Morgan fingerprint density at radius 1 is 0.971 bits per heavy atom. The molecule has 0 saturated carbocycles. The average Bonchev–Trinajstić information content (AvgIpc) is 3.53. The summed E-state index contributed by atoms with van der Waals surface area (Å²) in [4.78, 5) is 17.1. The highest BCUT2D eigenvalue weighted by Crippen LogP contribution is 2.40. The number of rotatable bonds is 8. The van der Waals surface area contributed by atoms with Crippen molar-refractivity contribution >= 4 is 27.2 Å². The summed E-state index contributed by atoms with van der Waals surface area (Å²) in [6.45, 7) is 3.93. The summed E-state index contributed by atoms with van der Waals surface area (Å²) < 4.78 is 7.00. The molecule has 170 valence electrons. The van der Waals surface area contributed by atoms with Gasteiger partial charge in [0.1, 0.15) is 12.4 Å². The minimum absolute atomic E-state index is 0.0113. The van der Waals surface area contributed by atoms with E-state index >= 15 is 0 Å². The molecule has 1 aliphatic heterocycles. The van der Waals surface area contributed by atoms with Crippen molar-refractivity contribution in [2.75, 3.05) is 26.2 Å². The zero-order valence-electron chi connectivity index (χ0n) is 19.0. The molecule has 34 heavy (non-hydrogen) atoms. The summed E-state index contributed by atoms with van der Waals surface area (Å²) in [6, 6.07) is 25.7. The summed E-state index contributed by atoms with van der Waals surface area (Å²) in [5, 5.41) is 9.93. The van der Waals surface area contributed by atoms with Crippen molar-refractivity contribution in [2.24, 2.45) is 0 Å². The highest BCUT2D eigenvalue weighted by atomic mass is 32.1. The van der Waals surface area contributed by atoms with E-state index in [0.717, 1.165) is 57.0 Å². The second-order valence-corrected chi connectivity index (χ2v) is 9.64. The summed E-state index contributed by atoms with van der Waals surface area (Å²) in [6.07, 6.45) is 2.94. The van der Waals surface area contributed by atoms with Gasteiger partial charge in [0.15, 0.2) is 5.78 Å². The van der Waals surface area contributed by atoms with E-state index in [1.807, 2.05) is 66.7 Å². The molecule has 0 radical (unpaired) electrons. The number of hydrogen-bond acceptors (Lipinski definition) is 5. The van der Waals surface area contributed by atoms with E-state index in [1.54, 1.807) is 11.3 Å². The van der Waals surface area contributed by atoms with Crippen molar-refractivity contribution in [3.8, 4) is 22.3 Å². The smallest absolute Gasteiger partial charge is 0.195 e. The number of fused-ring (bicyclic) bond motifs is 1. The Morgan fingerprint density at radius 3 is 2.44 bits per heavy atom. The van der Waals surface area contributed by atoms with Crippen LogP contribution < -0.4 is 4.74 Å². The van der Waals surface area contributed by atoms with Crippen LogP contribution in [0.5, 0.6) is 5.75 Å². The van der Waals surface area contributed by atoms with Crippen LogP contribution in [0, 0.1) is 11.3 Å². The van der Waals surface area contributed by atoms with Gasteiger partial charge in [0, 0.05) is 32.6 Å². The molecule has 1 fully saturated rings. The maximum atomic E-state index is 13.7. The lowest BCUT2D eigenvalue weighted by Gasteiger charge is -2.15. The summed E-state index contributed by atoms with van der Waals surface area (Å²) in [5.74, 6) is 0.802. The van der Waals surface area contributed by atoms with Crippen molar-refractivity contribution in [2.45, 2.75) is 19.3 Å². The molecule has 3 aromatic carbocycles. The molecular formula is C29H26N2O2S. The third-order valence-electron chi connectivity index (χ3n) is 6.31. The maximum absolute atomic E-state index is 13.7. The molecule has 1 aliphatic rings. The number of nitrogens with zero attached hydrogens (tertiary/aromatic N) is 2. The summed E-state index contributed by atoms with van der Waals surface area (Å²) in [7, 11) is 0. The molecule has 1 aromatic heterocycles. The molecular weight excluding hydrogens is 440 g/mol. The van der Waals surface area contributed by atoms with Crippen molar-refractivity contribution < 1.29 is 9.53 Å². The van der Waals surface area contributed by atoms with Crippen LogP contribution in [0.3, 0.4) is 0 Å². The molecule has 4 nitrogen and oxygen atoms in total. The largest absolute Gasteiger partial charge is 0.492 e. The van der Waals surface area contributed by atoms with Crippen molar-refractivity contribution in [1.82, 2.24) is 4.90 Å². The molecule has 2 heterocycles. The molecule has 5 rings (SSSR count). The van der Waals surface area contributed by atoms with Gasteiger partial charge in [-0.05, 0) is 67.4 Å². The Morgan fingerprint density at radius 2 is 1.71 bits per heavy atom. The van der Waals surface area contributed by atoms with Crippen molar-refractivity contribution in [3.63, 3.8) is 0 Å². The van der Waals surface area contributed by atoms with E-state index in [-0.39, 0.29) is 5.78 Å². The molecule has 0 spiro atoms. The van der Waals surface area contributed by atoms with Crippen LogP contribution in [0.15, 0.2) is 72.8 Å². The number of thiophene rings is 1. The lowest BCUT2D eigenvalue weighted by atomic mass is 9.97. The standard InChI is InChI=1S/C29H26N2O2S/c30-16-15-21-7-9-23(10-8-21)29-27(25-5-1-2-6-26(25)34-29)28(32)22-11-13-24(14-12-22)33-20-19-31-17-3-4-18-31/h1-2,5-14H,3-4,15,17-20H2. The van der Waals surface area contributed by atoms with Gasteiger partial charge in [-0.1, -0.05) is 42.5 Å². The van der Waals surface area contributed by atoms with Gasteiger partial charge in [0.2, 0.25) is 0 Å². The highest BCUT2D eigenvalue weighted by molar-refractivity contribution is 7.22. The fourth-order valence-electron chi connectivity index (χ4n) is 4.49. The lowest BCUT2D eigenvalue weighted by molar-refractivity contribution is 0.104. The Labute approximate surface area is 204 Å². The van der Waals surface area contributed by atoms with Gasteiger partial charge >= 0.3 is 0 Å². The Kier molecular flexibility index (Phi) is 6.71. The van der Waals surface area contributed by atoms with Gasteiger partial charge in [-0.25, -0.2) is 0 Å². The van der Waals surface area contributed by atoms with Crippen molar-refractivity contribution in [1.29, 1.82) is 5.26 Å². The average molecular weight is 467 g/mol. The minimum atomic E-state index is 0.0113. The summed E-state index contributed by atoms with van der Waals surface area (Å²) >= 11 is 1.63. The van der Waals surface area contributed by atoms with Crippen LogP contribution in [-0.2, 0) is 6.42 Å². The highest BCUT2D eigenvalue weighted by Gasteiger charge is 2.21. The van der Waals surface area contributed by atoms with Crippen LogP contribution in [0.25, 0.3) is 20.5 Å². The van der Waals surface area contributed by atoms with Gasteiger partial charge in [-0.3, -0.25) is 9.69 Å². The van der Waals surface area contributed by atoms with E-state index in [4.69, 9.17) is 10.00 Å². The van der Waals surface area contributed by atoms with E-state index in [9.17, 15) is 4.79 Å². The second-order valence-electron chi connectivity index (χ2n) is 8.58. The fraction of sp³-hybridized carbons (Fsp3) is 0.241. The molecule has 5 heteroatoms. The Bertz CT molecular complexity index is 1330. The van der Waals surface area contributed by atoms with E-state index < -0.39 is 0 Å². The fourth-order valence-corrected chi connectivity index (χ4v) is 5.69.